The van der Waals surface area contributed by atoms with Crippen molar-refractivity contribution in [3.8, 4) is 0 Å². The van der Waals surface area contributed by atoms with Crippen LogP contribution in [0.3, 0.4) is 0 Å². The number of carbonyl (C=O) groups excluding carboxylic acids is 1. The molecular weight excluding hydrogens is 252 g/mol. The zero-order chi connectivity index (χ0) is 15.2. The van der Waals surface area contributed by atoms with E-state index in [2.05, 4.69) is 6.92 Å². The fraction of sp³-hybridized carbons (Fsp3) is 0.588. The summed E-state index contributed by atoms with van der Waals surface area (Å²) in [6.07, 6.45) is 2.66. The summed E-state index contributed by atoms with van der Waals surface area (Å²) >= 11 is 0. The largest absolute Gasteiger partial charge is 0.466 e. The number of benzene rings is 1. The van der Waals surface area contributed by atoms with Gasteiger partial charge in [-0.1, -0.05) is 44.5 Å². The van der Waals surface area contributed by atoms with E-state index in [1.54, 1.807) is 13.8 Å². The SMILES string of the molecule is CCCc1ccc(C(C)(O)C(CC)C(=O)OCC)cc1. The molecule has 0 spiro atoms. The Morgan fingerprint density at radius 3 is 2.30 bits per heavy atom. The predicted octanol–water partition coefficient (Wildman–Crippen LogP) is 3.44. The van der Waals surface area contributed by atoms with Gasteiger partial charge in [0.2, 0.25) is 0 Å². The molecule has 0 aliphatic heterocycles. The van der Waals surface area contributed by atoms with Gasteiger partial charge in [-0.3, -0.25) is 4.79 Å². The highest BCUT2D eigenvalue weighted by atomic mass is 16.5. The van der Waals surface area contributed by atoms with E-state index in [1.807, 2.05) is 31.2 Å². The third kappa shape index (κ3) is 3.83. The lowest BCUT2D eigenvalue weighted by Gasteiger charge is -2.31. The van der Waals surface area contributed by atoms with E-state index in [-0.39, 0.29) is 5.97 Å². The summed E-state index contributed by atoms with van der Waals surface area (Å²) in [6, 6.07) is 7.86. The summed E-state index contributed by atoms with van der Waals surface area (Å²) in [5, 5.41) is 10.8. The molecular formula is C17H26O3. The molecule has 112 valence electrons. The third-order valence-corrected chi connectivity index (χ3v) is 3.73. The number of hydrogen-bond acceptors (Lipinski definition) is 3. The number of esters is 1. The Morgan fingerprint density at radius 2 is 1.85 bits per heavy atom. The van der Waals surface area contributed by atoms with Gasteiger partial charge in [-0.15, -0.1) is 0 Å². The van der Waals surface area contributed by atoms with Crippen molar-refractivity contribution in [1.82, 2.24) is 0 Å². The second-order valence-corrected chi connectivity index (χ2v) is 5.31. The normalized spacial score (nSPS) is 15.4. The minimum Gasteiger partial charge on any atom is -0.466 e. The third-order valence-electron chi connectivity index (χ3n) is 3.73. The number of carbonyl (C=O) groups is 1. The molecule has 0 fully saturated rings. The van der Waals surface area contributed by atoms with Crippen LogP contribution < -0.4 is 0 Å². The van der Waals surface area contributed by atoms with Gasteiger partial charge >= 0.3 is 5.97 Å². The van der Waals surface area contributed by atoms with Crippen LogP contribution in [-0.2, 0) is 21.6 Å². The first-order valence-electron chi connectivity index (χ1n) is 7.45. The van der Waals surface area contributed by atoms with Crippen LogP contribution in [0.5, 0.6) is 0 Å². The molecule has 0 saturated heterocycles. The van der Waals surface area contributed by atoms with E-state index in [0.717, 1.165) is 18.4 Å². The topological polar surface area (TPSA) is 46.5 Å². The lowest BCUT2D eigenvalue weighted by atomic mass is 9.81. The van der Waals surface area contributed by atoms with Crippen molar-refractivity contribution in [3.63, 3.8) is 0 Å². The van der Waals surface area contributed by atoms with Gasteiger partial charge in [0.25, 0.3) is 0 Å². The Kier molecular flexibility index (Phi) is 6.21. The molecule has 0 aliphatic carbocycles. The summed E-state index contributed by atoms with van der Waals surface area (Å²) in [6.45, 7) is 7.83. The molecule has 1 rings (SSSR count). The molecule has 1 aromatic carbocycles. The maximum absolute atomic E-state index is 12.0. The van der Waals surface area contributed by atoms with Gasteiger partial charge in [-0.2, -0.15) is 0 Å². The first kappa shape index (κ1) is 16.7. The molecule has 2 unspecified atom stereocenters. The molecule has 0 bridgehead atoms. The van der Waals surface area contributed by atoms with Crippen LogP contribution in [0.1, 0.15) is 51.7 Å². The Bertz CT molecular complexity index is 420. The molecule has 0 aliphatic rings. The molecule has 2 atom stereocenters. The zero-order valence-electron chi connectivity index (χ0n) is 13.0. The fourth-order valence-corrected chi connectivity index (χ4v) is 2.54. The Hall–Kier alpha value is -1.35. The predicted molar refractivity (Wildman–Crippen MR) is 80.4 cm³/mol. The quantitative estimate of drug-likeness (QED) is 0.777. The summed E-state index contributed by atoms with van der Waals surface area (Å²) in [5.74, 6) is -0.878. The average Bonchev–Trinajstić information content (AvgIpc) is 2.40. The summed E-state index contributed by atoms with van der Waals surface area (Å²) in [5.41, 5.74) is 0.805. The monoisotopic (exact) mass is 278 g/mol. The highest BCUT2D eigenvalue weighted by Gasteiger charge is 2.38. The molecule has 3 heteroatoms. The smallest absolute Gasteiger partial charge is 0.312 e. The van der Waals surface area contributed by atoms with E-state index in [4.69, 9.17) is 4.74 Å². The zero-order valence-corrected chi connectivity index (χ0v) is 13.0. The Balaban J connectivity index is 2.97. The maximum atomic E-state index is 12.0. The summed E-state index contributed by atoms with van der Waals surface area (Å²) < 4.78 is 5.07. The van der Waals surface area contributed by atoms with E-state index >= 15 is 0 Å². The van der Waals surface area contributed by atoms with Crippen molar-refractivity contribution in [1.29, 1.82) is 0 Å². The minimum absolute atomic E-state index is 0.334. The van der Waals surface area contributed by atoms with Crippen molar-refractivity contribution in [3.05, 3.63) is 35.4 Å². The molecule has 1 N–H and O–H groups in total. The fourth-order valence-electron chi connectivity index (χ4n) is 2.54. The average molecular weight is 278 g/mol. The number of hydrogen-bond donors (Lipinski definition) is 1. The van der Waals surface area contributed by atoms with Gasteiger partial charge in [-0.05, 0) is 37.8 Å². The molecule has 20 heavy (non-hydrogen) atoms. The number of rotatable bonds is 7. The first-order valence-corrected chi connectivity index (χ1v) is 7.45. The second-order valence-electron chi connectivity index (χ2n) is 5.31. The lowest BCUT2D eigenvalue weighted by Crippen LogP contribution is -2.38. The Morgan fingerprint density at radius 1 is 1.25 bits per heavy atom. The van der Waals surface area contributed by atoms with Crippen LogP contribution >= 0.6 is 0 Å². The van der Waals surface area contributed by atoms with Gasteiger partial charge < -0.3 is 9.84 Å². The standard InChI is InChI=1S/C17H26O3/c1-5-8-13-9-11-14(12-10-13)17(4,19)15(6-2)16(18)20-7-3/h9-12,15,19H,5-8H2,1-4H3. The number of aryl methyl sites for hydroxylation is 1. The molecule has 3 nitrogen and oxygen atoms in total. The van der Waals surface area contributed by atoms with Crippen molar-refractivity contribution in [2.24, 2.45) is 5.92 Å². The van der Waals surface area contributed by atoms with Crippen LogP contribution in [0.2, 0.25) is 0 Å². The van der Waals surface area contributed by atoms with Gasteiger partial charge in [-0.25, -0.2) is 0 Å². The molecule has 0 heterocycles. The number of aliphatic hydroxyl groups is 1. The molecule has 0 radical (unpaired) electrons. The summed E-state index contributed by atoms with van der Waals surface area (Å²) in [4.78, 5) is 12.0. The van der Waals surface area contributed by atoms with Gasteiger partial charge in [0, 0.05) is 0 Å². The van der Waals surface area contributed by atoms with Gasteiger partial charge in [0.1, 0.15) is 5.60 Å². The van der Waals surface area contributed by atoms with E-state index in [0.29, 0.717) is 13.0 Å². The molecule has 0 saturated carbocycles. The maximum Gasteiger partial charge on any atom is 0.312 e. The molecule has 0 amide bonds. The molecule has 0 aromatic heterocycles. The summed E-state index contributed by atoms with van der Waals surface area (Å²) in [7, 11) is 0. The number of ether oxygens (including phenoxy) is 1. The van der Waals surface area contributed by atoms with Crippen LogP contribution in [0.15, 0.2) is 24.3 Å². The van der Waals surface area contributed by atoms with E-state index < -0.39 is 11.5 Å². The highest BCUT2D eigenvalue weighted by Crippen LogP contribution is 2.32. The van der Waals surface area contributed by atoms with Crippen molar-refractivity contribution < 1.29 is 14.6 Å². The lowest BCUT2D eigenvalue weighted by molar-refractivity contribution is -0.158. The van der Waals surface area contributed by atoms with E-state index in [9.17, 15) is 9.90 Å². The van der Waals surface area contributed by atoms with Gasteiger partial charge in [0.15, 0.2) is 0 Å². The van der Waals surface area contributed by atoms with E-state index in [1.165, 1.54) is 5.56 Å². The molecule has 1 aromatic rings. The Labute approximate surface area is 122 Å². The van der Waals surface area contributed by atoms with Crippen LogP contribution in [0.25, 0.3) is 0 Å². The van der Waals surface area contributed by atoms with Crippen LogP contribution in [-0.4, -0.2) is 17.7 Å². The van der Waals surface area contributed by atoms with Crippen LogP contribution in [0.4, 0.5) is 0 Å². The van der Waals surface area contributed by atoms with Crippen molar-refractivity contribution >= 4 is 5.97 Å². The first-order chi connectivity index (χ1) is 9.47. The van der Waals surface area contributed by atoms with Crippen molar-refractivity contribution in [2.75, 3.05) is 6.61 Å². The van der Waals surface area contributed by atoms with Crippen LogP contribution in [0, 0.1) is 5.92 Å². The minimum atomic E-state index is -1.20. The second kappa shape index (κ2) is 7.44. The van der Waals surface area contributed by atoms with Gasteiger partial charge in [0.05, 0.1) is 12.5 Å². The highest BCUT2D eigenvalue weighted by molar-refractivity contribution is 5.74. The van der Waals surface area contributed by atoms with Crippen molar-refractivity contribution in [2.45, 2.75) is 52.6 Å².